The molecule has 1 aliphatic rings. The molecular formula is C21H26N6O. The molecule has 1 saturated heterocycles. The molecule has 146 valence electrons. The average molecular weight is 378 g/mol. The van der Waals surface area contributed by atoms with Gasteiger partial charge in [-0.3, -0.25) is 10.1 Å². The van der Waals surface area contributed by atoms with Crippen molar-refractivity contribution in [3.63, 3.8) is 0 Å². The smallest absolute Gasteiger partial charge is 0.167 e. The third-order valence-corrected chi connectivity index (χ3v) is 5.18. The fourth-order valence-corrected chi connectivity index (χ4v) is 3.58. The predicted molar refractivity (Wildman–Crippen MR) is 112 cm³/mol. The SMILES string of the molecule is COc1ccccc1N1CCN(c2ccc(Nn3c(C)ccc3C)nn2)CC1. The zero-order valence-corrected chi connectivity index (χ0v) is 16.6. The van der Waals surface area contributed by atoms with E-state index >= 15 is 0 Å². The molecule has 3 aromatic rings. The molecule has 7 heteroatoms. The van der Waals surface area contributed by atoms with Crippen molar-refractivity contribution >= 4 is 17.3 Å². The molecule has 1 aromatic carbocycles. The molecule has 0 aliphatic carbocycles. The quantitative estimate of drug-likeness (QED) is 0.736. The highest BCUT2D eigenvalue weighted by atomic mass is 16.5. The highest BCUT2D eigenvalue weighted by molar-refractivity contribution is 5.59. The van der Waals surface area contributed by atoms with Crippen LogP contribution >= 0.6 is 0 Å². The second kappa shape index (κ2) is 7.80. The van der Waals surface area contributed by atoms with Gasteiger partial charge in [-0.2, -0.15) is 0 Å². The van der Waals surface area contributed by atoms with Crippen LogP contribution in [0.25, 0.3) is 0 Å². The van der Waals surface area contributed by atoms with Gasteiger partial charge in [0.05, 0.1) is 12.8 Å². The van der Waals surface area contributed by atoms with E-state index in [0.29, 0.717) is 0 Å². The zero-order chi connectivity index (χ0) is 19.5. The van der Waals surface area contributed by atoms with E-state index in [-0.39, 0.29) is 0 Å². The number of para-hydroxylation sites is 2. The number of hydrogen-bond donors (Lipinski definition) is 1. The summed E-state index contributed by atoms with van der Waals surface area (Å²) in [6.07, 6.45) is 0. The van der Waals surface area contributed by atoms with Gasteiger partial charge in [-0.05, 0) is 50.2 Å². The summed E-state index contributed by atoms with van der Waals surface area (Å²) >= 11 is 0. The van der Waals surface area contributed by atoms with E-state index in [1.807, 2.05) is 28.9 Å². The van der Waals surface area contributed by atoms with Crippen molar-refractivity contribution in [1.82, 2.24) is 14.9 Å². The van der Waals surface area contributed by atoms with E-state index in [4.69, 9.17) is 4.74 Å². The highest BCUT2D eigenvalue weighted by Crippen LogP contribution is 2.29. The van der Waals surface area contributed by atoms with Crippen LogP contribution in [-0.4, -0.2) is 48.2 Å². The second-order valence-electron chi connectivity index (χ2n) is 6.99. The monoisotopic (exact) mass is 378 g/mol. The van der Waals surface area contributed by atoms with Crippen LogP contribution in [0.1, 0.15) is 11.4 Å². The van der Waals surface area contributed by atoms with E-state index in [2.05, 4.69) is 63.5 Å². The maximum atomic E-state index is 5.50. The lowest BCUT2D eigenvalue weighted by Gasteiger charge is -2.37. The molecule has 0 spiro atoms. The van der Waals surface area contributed by atoms with Crippen LogP contribution in [-0.2, 0) is 0 Å². The summed E-state index contributed by atoms with van der Waals surface area (Å²) in [6.45, 7) is 7.75. The highest BCUT2D eigenvalue weighted by Gasteiger charge is 2.20. The Morgan fingerprint density at radius 2 is 1.50 bits per heavy atom. The van der Waals surface area contributed by atoms with Gasteiger partial charge in [-0.25, -0.2) is 0 Å². The normalized spacial score (nSPS) is 14.2. The Morgan fingerprint density at radius 1 is 0.821 bits per heavy atom. The number of nitrogens with zero attached hydrogens (tertiary/aromatic N) is 5. The standard InChI is InChI=1S/C21H26N6O/c1-16-8-9-17(2)27(16)24-20-10-11-21(23-22-20)26-14-12-25(13-15-26)18-6-4-5-7-19(18)28-3/h4-11H,12-15H2,1-3H3,(H,22,24). The Labute approximate surface area is 165 Å². The molecule has 2 aromatic heterocycles. The van der Waals surface area contributed by atoms with Crippen LogP contribution in [0.3, 0.4) is 0 Å². The van der Waals surface area contributed by atoms with E-state index in [1.165, 1.54) is 0 Å². The summed E-state index contributed by atoms with van der Waals surface area (Å²) in [5.41, 5.74) is 6.71. The van der Waals surface area contributed by atoms with Gasteiger partial charge in [-0.15, -0.1) is 10.2 Å². The van der Waals surface area contributed by atoms with Crippen molar-refractivity contribution < 1.29 is 4.74 Å². The number of benzene rings is 1. The summed E-state index contributed by atoms with van der Waals surface area (Å²) in [6, 6.07) is 16.3. The van der Waals surface area contributed by atoms with Crippen LogP contribution in [0.5, 0.6) is 5.75 Å². The molecule has 0 unspecified atom stereocenters. The maximum absolute atomic E-state index is 5.50. The number of aryl methyl sites for hydroxylation is 2. The van der Waals surface area contributed by atoms with Gasteiger partial charge in [-0.1, -0.05) is 12.1 Å². The minimum Gasteiger partial charge on any atom is -0.495 e. The van der Waals surface area contributed by atoms with Gasteiger partial charge in [0.25, 0.3) is 0 Å². The third kappa shape index (κ3) is 3.60. The van der Waals surface area contributed by atoms with Crippen molar-refractivity contribution in [2.75, 3.05) is 48.5 Å². The first-order valence-electron chi connectivity index (χ1n) is 9.54. The van der Waals surface area contributed by atoms with Crippen molar-refractivity contribution in [3.05, 3.63) is 59.9 Å². The fourth-order valence-electron chi connectivity index (χ4n) is 3.58. The largest absolute Gasteiger partial charge is 0.495 e. The zero-order valence-electron chi connectivity index (χ0n) is 16.6. The molecule has 0 bridgehead atoms. The van der Waals surface area contributed by atoms with Crippen LogP contribution in [0, 0.1) is 13.8 Å². The van der Waals surface area contributed by atoms with Gasteiger partial charge < -0.3 is 14.5 Å². The number of methoxy groups -OCH3 is 1. The number of nitrogens with one attached hydrogen (secondary N) is 1. The van der Waals surface area contributed by atoms with Crippen LogP contribution in [0.2, 0.25) is 0 Å². The Morgan fingerprint density at radius 3 is 2.14 bits per heavy atom. The molecule has 1 N–H and O–H groups in total. The first-order chi connectivity index (χ1) is 13.7. The number of hydrogen-bond acceptors (Lipinski definition) is 6. The molecule has 7 nitrogen and oxygen atoms in total. The topological polar surface area (TPSA) is 58.5 Å². The molecule has 3 heterocycles. The lowest BCUT2D eigenvalue weighted by molar-refractivity contribution is 0.413. The Hall–Kier alpha value is -3.22. The summed E-state index contributed by atoms with van der Waals surface area (Å²) in [5.74, 6) is 2.56. The number of ether oxygens (including phenoxy) is 1. The van der Waals surface area contributed by atoms with E-state index in [9.17, 15) is 0 Å². The van der Waals surface area contributed by atoms with Crippen molar-refractivity contribution in [2.24, 2.45) is 0 Å². The molecular weight excluding hydrogens is 352 g/mol. The summed E-state index contributed by atoms with van der Waals surface area (Å²) in [5, 5.41) is 8.79. The average Bonchev–Trinajstić information content (AvgIpc) is 3.06. The van der Waals surface area contributed by atoms with Gasteiger partial charge in [0.15, 0.2) is 11.6 Å². The van der Waals surface area contributed by atoms with Gasteiger partial charge in [0, 0.05) is 37.6 Å². The molecule has 0 saturated carbocycles. The van der Waals surface area contributed by atoms with E-state index in [1.54, 1.807) is 7.11 Å². The number of aromatic nitrogens is 3. The molecule has 0 radical (unpaired) electrons. The van der Waals surface area contributed by atoms with Crippen LogP contribution in [0.4, 0.5) is 17.3 Å². The summed E-state index contributed by atoms with van der Waals surface area (Å²) < 4.78 is 7.51. The van der Waals surface area contributed by atoms with Crippen LogP contribution < -0.4 is 20.0 Å². The first-order valence-corrected chi connectivity index (χ1v) is 9.54. The van der Waals surface area contributed by atoms with Crippen molar-refractivity contribution in [2.45, 2.75) is 13.8 Å². The number of anilines is 3. The molecule has 28 heavy (non-hydrogen) atoms. The number of piperazine rings is 1. The minimum atomic E-state index is 0.735. The third-order valence-electron chi connectivity index (χ3n) is 5.18. The Kier molecular flexibility index (Phi) is 5.06. The van der Waals surface area contributed by atoms with Crippen molar-refractivity contribution in [1.29, 1.82) is 0 Å². The van der Waals surface area contributed by atoms with Crippen LogP contribution in [0.15, 0.2) is 48.5 Å². The molecule has 1 aliphatic heterocycles. The molecule has 0 amide bonds. The molecule has 4 rings (SSSR count). The van der Waals surface area contributed by atoms with Gasteiger partial charge in [0.1, 0.15) is 5.75 Å². The molecule has 1 fully saturated rings. The summed E-state index contributed by atoms with van der Waals surface area (Å²) in [7, 11) is 1.72. The summed E-state index contributed by atoms with van der Waals surface area (Å²) in [4.78, 5) is 4.63. The lowest BCUT2D eigenvalue weighted by atomic mass is 10.2. The molecule has 0 atom stereocenters. The van der Waals surface area contributed by atoms with E-state index in [0.717, 1.165) is 60.6 Å². The van der Waals surface area contributed by atoms with Gasteiger partial charge >= 0.3 is 0 Å². The first kappa shape index (κ1) is 18.2. The van der Waals surface area contributed by atoms with Gasteiger partial charge in [0.2, 0.25) is 0 Å². The predicted octanol–water partition coefficient (Wildman–Crippen LogP) is 3.11. The minimum absolute atomic E-state index is 0.735. The second-order valence-corrected chi connectivity index (χ2v) is 6.99. The number of rotatable bonds is 5. The maximum Gasteiger partial charge on any atom is 0.167 e. The Balaban J connectivity index is 1.40. The Bertz CT molecular complexity index is 909. The van der Waals surface area contributed by atoms with E-state index < -0.39 is 0 Å². The lowest BCUT2D eigenvalue weighted by Crippen LogP contribution is -2.47. The fraction of sp³-hybridized carbons (Fsp3) is 0.333. The van der Waals surface area contributed by atoms with Crippen molar-refractivity contribution in [3.8, 4) is 5.75 Å².